The lowest BCUT2D eigenvalue weighted by molar-refractivity contribution is -0.130. The second-order valence-electron chi connectivity index (χ2n) is 6.89. The van der Waals surface area contributed by atoms with E-state index in [-0.39, 0.29) is 17.4 Å². The Morgan fingerprint density at radius 3 is 2.05 bits per heavy atom. The molecule has 20 heavy (non-hydrogen) atoms. The monoisotopic (exact) mass is 274 g/mol. The van der Waals surface area contributed by atoms with Gasteiger partial charge in [-0.2, -0.15) is 0 Å². The molecule has 0 unspecified atom stereocenters. The van der Waals surface area contributed by atoms with Crippen molar-refractivity contribution in [2.24, 2.45) is 0 Å². The molecule has 0 aliphatic carbocycles. The number of amides is 3. The van der Waals surface area contributed by atoms with Crippen LogP contribution in [-0.2, 0) is 16.8 Å². The molecule has 0 radical (unpaired) electrons. The lowest BCUT2D eigenvalue weighted by Gasteiger charge is -2.20. The van der Waals surface area contributed by atoms with Crippen LogP contribution in [0.25, 0.3) is 0 Å². The van der Waals surface area contributed by atoms with E-state index in [1.807, 2.05) is 12.1 Å². The normalized spacial score (nSPS) is 18.4. The topological polar surface area (TPSA) is 49.4 Å². The van der Waals surface area contributed by atoms with Crippen LogP contribution in [-0.4, -0.2) is 22.4 Å². The van der Waals surface area contributed by atoms with E-state index < -0.39 is 5.54 Å². The molecule has 0 spiro atoms. The van der Waals surface area contributed by atoms with Crippen molar-refractivity contribution < 1.29 is 9.59 Å². The Bertz CT molecular complexity index is 539. The minimum absolute atomic E-state index is 0.0986. The number of imide groups is 1. The summed E-state index contributed by atoms with van der Waals surface area (Å²) in [4.78, 5) is 25.2. The van der Waals surface area contributed by atoms with Crippen LogP contribution in [0.1, 0.15) is 45.7 Å². The third-order valence-corrected chi connectivity index (χ3v) is 3.61. The molecule has 4 heteroatoms. The smallest absolute Gasteiger partial charge is 0.324 e. The van der Waals surface area contributed by atoms with Gasteiger partial charge in [0.05, 0.1) is 6.54 Å². The van der Waals surface area contributed by atoms with Crippen LogP contribution in [0.5, 0.6) is 0 Å². The summed E-state index contributed by atoms with van der Waals surface area (Å²) in [5, 5.41) is 2.69. The van der Waals surface area contributed by atoms with Crippen molar-refractivity contribution in [3.05, 3.63) is 35.4 Å². The first-order valence-electron chi connectivity index (χ1n) is 6.85. The van der Waals surface area contributed by atoms with Gasteiger partial charge < -0.3 is 5.32 Å². The maximum atomic E-state index is 12.1. The first kappa shape index (κ1) is 14.6. The number of benzene rings is 1. The molecule has 1 aromatic rings. The zero-order valence-electron chi connectivity index (χ0n) is 12.8. The highest BCUT2D eigenvalue weighted by Crippen LogP contribution is 2.24. The second kappa shape index (κ2) is 4.62. The number of carbonyl (C=O) groups excluding carboxylic acids is 2. The highest BCUT2D eigenvalue weighted by Gasteiger charge is 2.43. The SMILES string of the molecule is CC1(C)NC(=O)N(Cc2ccc(C(C)(C)C)cc2)C1=O. The number of rotatable bonds is 2. The van der Waals surface area contributed by atoms with Gasteiger partial charge in [-0.3, -0.25) is 9.69 Å². The summed E-state index contributed by atoms with van der Waals surface area (Å²) in [7, 11) is 0. The van der Waals surface area contributed by atoms with Crippen LogP contribution in [0.4, 0.5) is 4.79 Å². The molecule has 1 fully saturated rings. The Labute approximate surface area is 120 Å². The summed E-state index contributed by atoms with van der Waals surface area (Å²) in [6.45, 7) is 10.2. The fourth-order valence-corrected chi connectivity index (χ4v) is 2.25. The molecule has 0 saturated carbocycles. The number of hydrogen-bond acceptors (Lipinski definition) is 2. The van der Waals surface area contributed by atoms with E-state index in [9.17, 15) is 9.59 Å². The van der Waals surface area contributed by atoms with E-state index in [4.69, 9.17) is 0 Å². The van der Waals surface area contributed by atoms with Crippen LogP contribution in [0.2, 0.25) is 0 Å². The molecule has 1 heterocycles. The predicted molar refractivity (Wildman–Crippen MR) is 78.3 cm³/mol. The minimum atomic E-state index is -0.803. The third-order valence-electron chi connectivity index (χ3n) is 3.61. The fraction of sp³-hybridized carbons (Fsp3) is 0.500. The lowest BCUT2D eigenvalue weighted by Crippen LogP contribution is -2.40. The maximum Gasteiger partial charge on any atom is 0.325 e. The molecule has 0 atom stereocenters. The molecule has 3 amide bonds. The van der Waals surface area contributed by atoms with E-state index in [0.29, 0.717) is 6.54 Å². The van der Waals surface area contributed by atoms with Crippen molar-refractivity contribution >= 4 is 11.9 Å². The molecule has 1 aliphatic heterocycles. The van der Waals surface area contributed by atoms with Gasteiger partial charge in [-0.25, -0.2) is 4.79 Å². The van der Waals surface area contributed by atoms with Gasteiger partial charge in [-0.15, -0.1) is 0 Å². The van der Waals surface area contributed by atoms with Gasteiger partial charge in [0, 0.05) is 0 Å². The predicted octanol–water partition coefficient (Wildman–Crippen LogP) is 2.81. The van der Waals surface area contributed by atoms with Gasteiger partial charge in [-0.1, -0.05) is 45.0 Å². The Hall–Kier alpha value is -1.84. The van der Waals surface area contributed by atoms with E-state index in [2.05, 4.69) is 38.2 Å². The number of carbonyl (C=O) groups is 2. The molecular weight excluding hydrogens is 252 g/mol. The number of nitrogens with zero attached hydrogens (tertiary/aromatic N) is 1. The lowest BCUT2D eigenvalue weighted by atomic mass is 9.87. The summed E-state index contributed by atoms with van der Waals surface area (Å²) in [5.74, 6) is -0.178. The van der Waals surface area contributed by atoms with E-state index in [1.54, 1.807) is 13.8 Å². The van der Waals surface area contributed by atoms with Gasteiger partial charge in [0.1, 0.15) is 5.54 Å². The molecule has 0 bridgehead atoms. The molecule has 1 aromatic carbocycles. The molecule has 1 N–H and O–H groups in total. The second-order valence-corrected chi connectivity index (χ2v) is 6.89. The van der Waals surface area contributed by atoms with E-state index >= 15 is 0 Å². The minimum Gasteiger partial charge on any atom is -0.324 e. The van der Waals surface area contributed by atoms with Crippen LogP contribution >= 0.6 is 0 Å². The van der Waals surface area contributed by atoms with Gasteiger partial charge in [-0.05, 0) is 30.4 Å². The van der Waals surface area contributed by atoms with Gasteiger partial charge in [0.2, 0.25) is 0 Å². The highest BCUT2D eigenvalue weighted by atomic mass is 16.2. The molecule has 108 valence electrons. The van der Waals surface area contributed by atoms with Crippen molar-refractivity contribution in [3.8, 4) is 0 Å². The van der Waals surface area contributed by atoms with E-state index in [1.165, 1.54) is 10.5 Å². The standard InChI is InChI=1S/C16H22N2O2/c1-15(2,3)12-8-6-11(7-9-12)10-18-13(19)16(4,5)17-14(18)20/h6-9H,10H2,1-5H3,(H,17,20). The van der Waals surface area contributed by atoms with Gasteiger partial charge in [0.15, 0.2) is 0 Å². The Kier molecular flexibility index (Phi) is 3.36. The Balaban J connectivity index is 2.15. The van der Waals surface area contributed by atoms with E-state index in [0.717, 1.165) is 5.56 Å². The first-order chi connectivity index (χ1) is 9.11. The van der Waals surface area contributed by atoms with Crippen LogP contribution in [0.3, 0.4) is 0 Å². The average Bonchev–Trinajstić information content (AvgIpc) is 2.51. The number of urea groups is 1. The maximum absolute atomic E-state index is 12.1. The quantitative estimate of drug-likeness (QED) is 0.843. The van der Waals surface area contributed by atoms with Crippen molar-refractivity contribution in [3.63, 3.8) is 0 Å². The number of hydrogen-bond donors (Lipinski definition) is 1. The molecule has 2 rings (SSSR count). The van der Waals surface area contributed by atoms with Crippen LogP contribution < -0.4 is 5.32 Å². The zero-order valence-corrected chi connectivity index (χ0v) is 12.8. The molecule has 4 nitrogen and oxygen atoms in total. The first-order valence-corrected chi connectivity index (χ1v) is 6.85. The van der Waals surface area contributed by atoms with Crippen LogP contribution in [0, 0.1) is 0 Å². The van der Waals surface area contributed by atoms with Gasteiger partial charge >= 0.3 is 6.03 Å². The Morgan fingerprint density at radius 2 is 1.65 bits per heavy atom. The summed E-state index contributed by atoms with van der Waals surface area (Å²) in [5.41, 5.74) is 1.49. The van der Waals surface area contributed by atoms with Crippen LogP contribution in [0.15, 0.2) is 24.3 Å². The van der Waals surface area contributed by atoms with Crippen molar-refractivity contribution in [1.82, 2.24) is 10.2 Å². The van der Waals surface area contributed by atoms with Crippen molar-refractivity contribution in [2.45, 2.75) is 52.1 Å². The summed E-state index contributed by atoms with van der Waals surface area (Å²) in [6.07, 6.45) is 0. The molecule has 1 saturated heterocycles. The highest BCUT2D eigenvalue weighted by molar-refractivity contribution is 6.06. The van der Waals surface area contributed by atoms with Crippen molar-refractivity contribution in [1.29, 1.82) is 0 Å². The Morgan fingerprint density at radius 1 is 1.10 bits per heavy atom. The average molecular weight is 274 g/mol. The largest absolute Gasteiger partial charge is 0.325 e. The molecular formula is C16H22N2O2. The van der Waals surface area contributed by atoms with Gasteiger partial charge in [0.25, 0.3) is 5.91 Å². The molecule has 0 aromatic heterocycles. The zero-order chi connectivity index (χ0) is 15.1. The summed E-state index contributed by atoms with van der Waals surface area (Å²) >= 11 is 0. The third kappa shape index (κ3) is 2.69. The molecule has 1 aliphatic rings. The summed E-state index contributed by atoms with van der Waals surface area (Å²) in [6, 6.07) is 7.75. The van der Waals surface area contributed by atoms with Crippen molar-refractivity contribution in [2.75, 3.05) is 0 Å². The number of nitrogens with one attached hydrogen (secondary N) is 1. The summed E-state index contributed by atoms with van der Waals surface area (Å²) < 4.78 is 0. The fourth-order valence-electron chi connectivity index (χ4n) is 2.25.